The van der Waals surface area contributed by atoms with Crippen LogP contribution in [0.25, 0.3) is 5.95 Å². The third kappa shape index (κ3) is 3.50. The van der Waals surface area contributed by atoms with Crippen LogP contribution >= 0.6 is 11.6 Å². The molecule has 0 saturated heterocycles. The molecule has 1 amide bonds. The Hall–Kier alpha value is -3.06. The average molecular weight is 424 g/mol. The molecular weight excluding hydrogens is 402 g/mol. The summed E-state index contributed by atoms with van der Waals surface area (Å²) in [6.07, 6.45) is 10.1. The van der Waals surface area contributed by atoms with Gasteiger partial charge in [0.05, 0.1) is 18.1 Å². The quantitative estimate of drug-likeness (QED) is 0.607. The van der Waals surface area contributed by atoms with Gasteiger partial charge >= 0.3 is 0 Å². The number of nitrogens with one attached hydrogen (secondary N) is 2. The number of carbonyl (C=O) groups excluding carboxylic acids is 1. The highest BCUT2D eigenvalue weighted by Gasteiger charge is 2.68. The first-order valence-electron chi connectivity index (χ1n) is 9.88. The van der Waals surface area contributed by atoms with Crippen LogP contribution in [0, 0.1) is 6.92 Å². The van der Waals surface area contributed by atoms with Crippen molar-refractivity contribution in [3.8, 4) is 11.7 Å². The first-order chi connectivity index (χ1) is 14.4. The minimum atomic E-state index is -0.116. The molecule has 2 N–H and O–H groups in total. The van der Waals surface area contributed by atoms with Crippen LogP contribution in [0.3, 0.4) is 0 Å². The van der Waals surface area contributed by atoms with Gasteiger partial charge in [-0.15, -0.1) is 0 Å². The summed E-state index contributed by atoms with van der Waals surface area (Å²) in [5, 5.41) is 7.34. The Labute approximate surface area is 179 Å². The molecule has 1 aromatic carbocycles. The van der Waals surface area contributed by atoms with E-state index in [1.807, 2.05) is 42.1 Å². The van der Waals surface area contributed by atoms with E-state index in [0.717, 1.165) is 30.5 Å². The number of aryl methyl sites for hydroxylation is 1. The van der Waals surface area contributed by atoms with Crippen LogP contribution < -0.4 is 15.4 Å². The molecule has 3 aliphatic rings. The van der Waals surface area contributed by atoms with Gasteiger partial charge in [-0.1, -0.05) is 11.6 Å². The minimum Gasteiger partial charge on any atom is -0.484 e. The third-order valence-corrected chi connectivity index (χ3v) is 6.24. The second-order valence-corrected chi connectivity index (χ2v) is 8.73. The fraction of sp³-hybridized carbons (Fsp3) is 0.318. The Morgan fingerprint density at radius 1 is 1.17 bits per heavy atom. The molecule has 8 heteroatoms. The Bertz CT molecular complexity index is 1060. The largest absolute Gasteiger partial charge is 0.484 e. The van der Waals surface area contributed by atoms with Crippen molar-refractivity contribution in [2.24, 2.45) is 0 Å². The molecule has 2 heterocycles. The van der Waals surface area contributed by atoms with Crippen LogP contribution in [-0.4, -0.2) is 38.1 Å². The van der Waals surface area contributed by atoms with Gasteiger partial charge in [-0.25, -0.2) is 9.97 Å². The van der Waals surface area contributed by atoms with Gasteiger partial charge in [-0.2, -0.15) is 0 Å². The Morgan fingerprint density at radius 3 is 2.53 bits per heavy atom. The van der Waals surface area contributed by atoms with E-state index < -0.39 is 0 Å². The van der Waals surface area contributed by atoms with Crippen LogP contribution in [0.5, 0.6) is 5.75 Å². The third-order valence-electron chi connectivity index (χ3n) is 5.82. The van der Waals surface area contributed by atoms with Crippen molar-refractivity contribution < 1.29 is 9.53 Å². The van der Waals surface area contributed by atoms with E-state index in [2.05, 4.69) is 20.6 Å². The van der Waals surface area contributed by atoms with Crippen molar-refractivity contribution in [1.82, 2.24) is 19.9 Å². The number of halogens is 1. The molecule has 7 nitrogen and oxygen atoms in total. The van der Waals surface area contributed by atoms with Gasteiger partial charge in [-0.05, 0) is 62.1 Å². The summed E-state index contributed by atoms with van der Waals surface area (Å²) in [4.78, 5) is 21.1. The van der Waals surface area contributed by atoms with E-state index in [-0.39, 0.29) is 23.6 Å². The molecule has 30 heavy (non-hydrogen) atoms. The Balaban J connectivity index is 1.10. The van der Waals surface area contributed by atoms with Crippen LogP contribution in [0.4, 0.5) is 5.69 Å². The van der Waals surface area contributed by atoms with Crippen molar-refractivity contribution in [1.29, 1.82) is 0 Å². The predicted molar refractivity (Wildman–Crippen MR) is 114 cm³/mol. The first-order valence-corrected chi connectivity index (χ1v) is 10.3. The molecule has 3 fully saturated rings. The van der Waals surface area contributed by atoms with E-state index in [1.54, 1.807) is 24.5 Å². The average Bonchev–Trinajstić information content (AvgIpc) is 3.22. The molecule has 6 rings (SSSR count). The summed E-state index contributed by atoms with van der Waals surface area (Å²) in [7, 11) is 0. The number of hydrogen-bond donors (Lipinski definition) is 2. The number of aromatic nitrogens is 3. The van der Waals surface area contributed by atoms with Gasteiger partial charge in [0.2, 0.25) is 5.95 Å². The van der Waals surface area contributed by atoms with Crippen LogP contribution in [-0.2, 0) is 4.79 Å². The maximum absolute atomic E-state index is 12.3. The first kappa shape index (κ1) is 18.9. The van der Waals surface area contributed by atoms with Crippen LogP contribution in [0.15, 0.2) is 55.1 Å². The van der Waals surface area contributed by atoms with E-state index >= 15 is 0 Å². The van der Waals surface area contributed by atoms with Crippen molar-refractivity contribution in [2.75, 3.05) is 11.9 Å². The Kier molecular flexibility index (Phi) is 4.43. The van der Waals surface area contributed by atoms with Crippen LogP contribution in [0.1, 0.15) is 24.8 Å². The monoisotopic (exact) mass is 423 g/mol. The molecular formula is C22H22ClN5O2. The summed E-state index contributed by atoms with van der Waals surface area (Å²) < 4.78 is 7.46. The zero-order chi connectivity index (χ0) is 20.8. The fourth-order valence-electron chi connectivity index (χ4n) is 4.53. The minimum absolute atomic E-state index is 0.00204. The standard InChI is InChI=1S/C22H22ClN5O2/c1-15-8-17(4-5-18(15)23)30-11-19(29)27-22-12-21(13-22,14-22)26-16-9-24-20(25-10-16)28-6-2-3-7-28/h2-10,26H,11-14H2,1H3,(H,27,29). The second kappa shape index (κ2) is 7.02. The van der Waals surface area contributed by atoms with E-state index in [9.17, 15) is 4.79 Å². The van der Waals surface area contributed by atoms with Crippen molar-refractivity contribution >= 4 is 23.2 Å². The van der Waals surface area contributed by atoms with Crippen molar-refractivity contribution in [2.45, 2.75) is 37.3 Å². The molecule has 2 bridgehead atoms. The summed E-state index contributed by atoms with van der Waals surface area (Å²) >= 11 is 6.01. The number of amides is 1. The predicted octanol–water partition coefficient (Wildman–Crippen LogP) is 3.51. The molecule has 0 spiro atoms. The number of anilines is 1. The van der Waals surface area contributed by atoms with Gasteiger partial charge in [0.1, 0.15) is 5.75 Å². The number of benzene rings is 1. The molecule has 3 saturated carbocycles. The number of ether oxygens (including phenoxy) is 1. The molecule has 154 valence electrons. The lowest BCUT2D eigenvalue weighted by Gasteiger charge is -2.70. The highest BCUT2D eigenvalue weighted by molar-refractivity contribution is 6.31. The normalized spacial score (nSPS) is 23.8. The number of rotatable bonds is 7. The number of carbonyl (C=O) groups is 1. The smallest absolute Gasteiger partial charge is 0.258 e. The zero-order valence-corrected chi connectivity index (χ0v) is 17.3. The van der Waals surface area contributed by atoms with Gasteiger partial charge in [-0.3, -0.25) is 9.36 Å². The summed E-state index contributed by atoms with van der Waals surface area (Å²) in [6.45, 7) is 1.90. The van der Waals surface area contributed by atoms with Gasteiger partial charge in [0.15, 0.2) is 6.61 Å². The molecule has 0 atom stereocenters. The summed E-state index contributed by atoms with van der Waals surface area (Å²) in [5.74, 6) is 1.18. The molecule has 0 unspecified atom stereocenters. The lowest BCUT2D eigenvalue weighted by Crippen LogP contribution is -2.81. The van der Waals surface area contributed by atoms with Gasteiger partial charge < -0.3 is 15.4 Å². The SMILES string of the molecule is Cc1cc(OCC(=O)NC23CC(Nc4cnc(-n5cccc5)nc4)(C2)C3)ccc1Cl. The molecule has 3 aliphatic carbocycles. The van der Waals surface area contributed by atoms with E-state index in [1.165, 1.54) is 0 Å². The van der Waals surface area contributed by atoms with Gasteiger partial charge in [0, 0.05) is 28.5 Å². The van der Waals surface area contributed by atoms with Gasteiger partial charge in [0.25, 0.3) is 5.91 Å². The van der Waals surface area contributed by atoms with E-state index in [0.29, 0.717) is 16.7 Å². The Morgan fingerprint density at radius 2 is 1.87 bits per heavy atom. The van der Waals surface area contributed by atoms with Crippen molar-refractivity contribution in [3.63, 3.8) is 0 Å². The number of hydrogen-bond acceptors (Lipinski definition) is 5. The number of nitrogens with zero attached hydrogens (tertiary/aromatic N) is 3. The second-order valence-electron chi connectivity index (χ2n) is 8.33. The summed E-state index contributed by atoms with van der Waals surface area (Å²) in [5.41, 5.74) is 1.73. The lowest BCUT2D eigenvalue weighted by atomic mass is 9.44. The lowest BCUT2D eigenvalue weighted by molar-refractivity contribution is -0.135. The summed E-state index contributed by atoms with van der Waals surface area (Å²) in [6, 6.07) is 9.25. The maximum Gasteiger partial charge on any atom is 0.258 e. The van der Waals surface area contributed by atoms with Crippen LogP contribution in [0.2, 0.25) is 5.02 Å². The fourth-order valence-corrected chi connectivity index (χ4v) is 4.65. The highest BCUT2D eigenvalue weighted by Crippen LogP contribution is 2.61. The molecule has 2 aromatic heterocycles. The molecule has 0 radical (unpaired) electrons. The zero-order valence-electron chi connectivity index (χ0n) is 16.6. The molecule has 0 aliphatic heterocycles. The van der Waals surface area contributed by atoms with Crippen molar-refractivity contribution in [3.05, 3.63) is 65.7 Å². The topological polar surface area (TPSA) is 81.1 Å². The molecule has 3 aromatic rings. The highest BCUT2D eigenvalue weighted by atomic mass is 35.5. The maximum atomic E-state index is 12.3. The van der Waals surface area contributed by atoms with E-state index in [4.69, 9.17) is 16.3 Å².